The lowest BCUT2D eigenvalue weighted by molar-refractivity contribution is 0.583. The van der Waals surface area contributed by atoms with Crippen molar-refractivity contribution >= 4 is 21.8 Å². The summed E-state index contributed by atoms with van der Waals surface area (Å²) in [6.45, 7) is 7.59. The molecule has 128 valence electrons. The average Bonchev–Trinajstić information content (AvgIpc) is 2.94. The van der Waals surface area contributed by atoms with Crippen molar-refractivity contribution in [1.82, 2.24) is 9.88 Å². The third-order valence-electron chi connectivity index (χ3n) is 4.94. The monoisotopic (exact) mass is 322 g/mol. The van der Waals surface area contributed by atoms with Crippen LogP contribution in [0.4, 0.5) is 0 Å². The van der Waals surface area contributed by atoms with Crippen LogP contribution in [-0.4, -0.2) is 11.1 Å². The van der Waals surface area contributed by atoms with Crippen LogP contribution in [0.3, 0.4) is 0 Å². The lowest BCUT2D eigenvalue weighted by Crippen LogP contribution is -2.14. The van der Waals surface area contributed by atoms with Crippen LogP contribution in [0.5, 0.6) is 0 Å². The molecule has 0 aliphatic carbocycles. The van der Waals surface area contributed by atoms with Crippen LogP contribution in [0, 0.1) is 0 Å². The van der Waals surface area contributed by atoms with Crippen LogP contribution < -0.4 is 5.32 Å². The highest BCUT2D eigenvalue weighted by molar-refractivity contribution is 6.08. The van der Waals surface area contributed by atoms with E-state index in [9.17, 15) is 0 Å². The Labute approximate surface area is 145 Å². The lowest BCUT2D eigenvalue weighted by atomic mass is 10.1. The Morgan fingerprint density at radius 2 is 1.62 bits per heavy atom. The van der Waals surface area contributed by atoms with E-state index in [2.05, 4.69) is 66.2 Å². The Morgan fingerprint density at radius 1 is 0.833 bits per heavy atom. The average molecular weight is 322 g/mol. The zero-order valence-electron chi connectivity index (χ0n) is 15.1. The number of aromatic nitrogens is 1. The third-order valence-corrected chi connectivity index (χ3v) is 4.94. The van der Waals surface area contributed by atoms with E-state index in [1.54, 1.807) is 0 Å². The maximum atomic E-state index is 3.61. The SMILES string of the molecule is CCCCCCCNCc1ccc2c(c1)c1ccccc1n2CC. The topological polar surface area (TPSA) is 17.0 Å². The van der Waals surface area contributed by atoms with Crippen molar-refractivity contribution in [3.8, 4) is 0 Å². The Balaban J connectivity index is 1.69. The van der Waals surface area contributed by atoms with Crippen LogP contribution >= 0.6 is 0 Å². The summed E-state index contributed by atoms with van der Waals surface area (Å²) in [5.74, 6) is 0. The number of benzene rings is 2. The fourth-order valence-corrected chi connectivity index (χ4v) is 3.64. The molecule has 2 aromatic carbocycles. The van der Waals surface area contributed by atoms with Gasteiger partial charge >= 0.3 is 0 Å². The largest absolute Gasteiger partial charge is 0.341 e. The summed E-state index contributed by atoms with van der Waals surface area (Å²) in [5.41, 5.74) is 4.08. The molecule has 0 spiro atoms. The van der Waals surface area contributed by atoms with Gasteiger partial charge in [0.25, 0.3) is 0 Å². The maximum absolute atomic E-state index is 3.61. The van der Waals surface area contributed by atoms with E-state index in [4.69, 9.17) is 0 Å². The summed E-state index contributed by atoms with van der Waals surface area (Å²) in [7, 11) is 0. The second-order valence-electron chi connectivity index (χ2n) is 6.70. The van der Waals surface area contributed by atoms with Gasteiger partial charge in [0.15, 0.2) is 0 Å². The number of hydrogen-bond acceptors (Lipinski definition) is 1. The van der Waals surface area contributed by atoms with Gasteiger partial charge < -0.3 is 9.88 Å². The van der Waals surface area contributed by atoms with Gasteiger partial charge in [0.05, 0.1) is 0 Å². The Kier molecular flexibility index (Phi) is 5.92. The van der Waals surface area contributed by atoms with Gasteiger partial charge in [0, 0.05) is 34.9 Å². The molecule has 24 heavy (non-hydrogen) atoms. The van der Waals surface area contributed by atoms with Gasteiger partial charge in [0.2, 0.25) is 0 Å². The predicted molar refractivity (Wildman–Crippen MR) is 106 cm³/mol. The molecule has 2 heteroatoms. The third kappa shape index (κ3) is 3.64. The minimum atomic E-state index is 0.968. The molecule has 0 saturated carbocycles. The van der Waals surface area contributed by atoms with Crippen LogP contribution in [0.1, 0.15) is 51.5 Å². The van der Waals surface area contributed by atoms with Crippen LogP contribution in [0.15, 0.2) is 42.5 Å². The number of aryl methyl sites for hydroxylation is 1. The van der Waals surface area contributed by atoms with Gasteiger partial charge in [-0.15, -0.1) is 0 Å². The van der Waals surface area contributed by atoms with E-state index < -0.39 is 0 Å². The summed E-state index contributed by atoms with van der Waals surface area (Å²) in [6, 6.07) is 15.7. The molecule has 0 saturated heterocycles. The molecule has 0 radical (unpaired) electrons. The van der Waals surface area contributed by atoms with Crippen LogP contribution in [0.25, 0.3) is 21.8 Å². The lowest BCUT2D eigenvalue weighted by Gasteiger charge is -2.06. The van der Waals surface area contributed by atoms with Crippen molar-refractivity contribution in [2.45, 2.75) is 59.0 Å². The fraction of sp³-hybridized carbons (Fsp3) is 0.455. The van der Waals surface area contributed by atoms with Gasteiger partial charge in [0.1, 0.15) is 0 Å². The van der Waals surface area contributed by atoms with E-state index in [1.165, 1.54) is 59.5 Å². The first-order chi connectivity index (χ1) is 11.8. The van der Waals surface area contributed by atoms with Gasteiger partial charge in [-0.05, 0) is 43.7 Å². The molecule has 3 rings (SSSR count). The van der Waals surface area contributed by atoms with E-state index in [0.29, 0.717) is 0 Å². The number of nitrogens with one attached hydrogen (secondary N) is 1. The minimum Gasteiger partial charge on any atom is -0.341 e. The van der Waals surface area contributed by atoms with Crippen molar-refractivity contribution in [2.75, 3.05) is 6.54 Å². The maximum Gasteiger partial charge on any atom is 0.0491 e. The molecule has 0 fully saturated rings. The number of fused-ring (bicyclic) bond motifs is 3. The zero-order chi connectivity index (χ0) is 16.8. The van der Waals surface area contributed by atoms with Crippen molar-refractivity contribution in [1.29, 1.82) is 0 Å². The number of hydrogen-bond donors (Lipinski definition) is 1. The first kappa shape index (κ1) is 17.0. The molecule has 0 bridgehead atoms. The van der Waals surface area contributed by atoms with E-state index >= 15 is 0 Å². The molecule has 1 heterocycles. The molecular formula is C22H30N2. The van der Waals surface area contributed by atoms with Gasteiger partial charge in [-0.25, -0.2) is 0 Å². The van der Waals surface area contributed by atoms with E-state index in [0.717, 1.165) is 19.6 Å². The normalized spacial score (nSPS) is 11.6. The van der Waals surface area contributed by atoms with Gasteiger partial charge in [-0.3, -0.25) is 0 Å². The van der Waals surface area contributed by atoms with E-state index in [1.807, 2.05) is 0 Å². The highest BCUT2D eigenvalue weighted by atomic mass is 15.0. The van der Waals surface area contributed by atoms with Crippen LogP contribution in [-0.2, 0) is 13.1 Å². The minimum absolute atomic E-state index is 0.968. The summed E-state index contributed by atoms with van der Waals surface area (Å²) >= 11 is 0. The van der Waals surface area contributed by atoms with Gasteiger partial charge in [-0.2, -0.15) is 0 Å². The highest BCUT2D eigenvalue weighted by Gasteiger charge is 2.09. The quantitative estimate of drug-likeness (QED) is 0.487. The summed E-state index contributed by atoms with van der Waals surface area (Å²) in [6.07, 6.45) is 6.71. The summed E-state index contributed by atoms with van der Waals surface area (Å²) in [5, 5.41) is 6.36. The van der Waals surface area contributed by atoms with Crippen molar-refractivity contribution in [3.05, 3.63) is 48.0 Å². The number of rotatable bonds is 9. The molecular weight excluding hydrogens is 292 g/mol. The molecule has 0 aliphatic heterocycles. The second kappa shape index (κ2) is 8.34. The standard InChI is InChI=1S/C22H30N2/c1-3-5-6-7-10-15-23-17-18-13-14-22-20(16-18)19-11-8-9-12-21(19)24(22)4-2/h8-9,11-14,16,23H,3-7,10,15,17H2,1-2H3. The summed E-state index contributed by atoms with van der Waals surface area (Å²) < 4.78 is 2.41. The van der Waals surface area contributed by atoms with Crippen molar-refractivity contribution < 1.29 is 0 Å². The Hall–Kier alpha value is -1.80. The molecule has 1 N–H and O–H groups in total. The smallest absolute Gasteiger partial charge is 0.0491 e. The number of nitrogens with zero attached hydrogens (tertiary/aromatic N) is 1. The Morgan fingerprint density at radius 3 is 2.46 bits per heavy atom. The number of para-hydroxylation sites is 1. The predicted octanol–water partition coefficient (Wildman–Crippen LogP) is 5.87. The highest BCUT2D eigenvalue weighted by Crippen LogP contribution is 2.29. The van der Waals surface area contributed by atoms with Crippen molar-refractivity contribution in [3.63, 3.8) is 0 Å². The van der Waals surface area contributed by atoms with Crippen LogP contribution in [0.2, 0.25) is 0 Å². The Bertz CT molecular complexity index is 785. The van der Waals surface area contributed by atoms with E-state index in [-0.39, 0.29) is 0 Å². The fourth-order valence-electron chi connectivity index (χ4n) is 3.64. The van der Waals surface area contributed by atoms with Gasteiger partial charge in [-0.1, -0.05) is 56.9 Å². The second-order valence-corrected chi connectivity index (χ2v) is 6.70. The molecule has 0 aliphatic rings. The zero-order valence-corrected chi connectivity index (χ0v) is 15.1. The molecule has 0 atom stereocenters. The molecule has 0 unspecified atom stereocenters. The number of unbranched alkanes of at least 4 members (excludes halogenated alkanes) is 4. The molecule has 2 nitrogen and oxygen atoms in total. The summed E-state index contributed by atoms with van der Waals surface area (Å²) in [4.78, 5) is 0. The van der Waals surface area contributed by atoms with Crippen molar-refractivity contribution in [2.24, 2.45) is 0 Å². The molecule has 1 aromatic heterocycles. The molecule has 0 amide bonds. The molecule has 3 aromatic rings. The first-order valence-corrected chi connectivity index (χ1v) is 9.55. The first-order valence-electron chi connectivity index (χ1n) is 9.55.